The second kappa shape index (κ2) is 6.26. The lowest BCUT2D eigenvalue weighted by Gasteiger charge is -2.35. The number of fused-ring (bicyclic) bond motifs is 1. The van der Waals surface area contributed by atoms with Crippen molar-refractivity contribution in [2.24, 2.45) is 0 Å². The first-order valence-corrected chi connectivity index (χ1v) is 8.76. The van der Waals surface area contributed by atoms with Gasteiger partial charge in [0.05, 0.1) is 23.4 Å². The van der Waals surface area contributed by atoms with Gasteiger partial charge in [-0.3, -0.25) is 9.55 Å². The molecule has 1 fully saturated rings. The summed E-state index contributed by atoms with van der Waals surface area (Å²) in [4.78, 5) is 23.5. The molecule has 4 aromatic rings. The molecule has 0 aromatic carbocycles. The van der Waals surface area contributed by atoms with Crippen LogP contribution < -0.4 is 4.90 Å². The minimum Gasteiger partial charge on any atom is -0.389 e. The van der Waals surface area contributed by atoms with E-state index in [4.69, 9.17) is 11.6 Å². The average molecular weight is 380 g/mol. The third-order valence-electron chi connectivity index (χ3n) is 4.56. The van der Waals surface area contributed by atoms with E-state index >= 15 is 0 Å². The Morgan fingerprint density at radius 3 is 2.59 bits per heavy atom. The van der Waals surface area contributed by atoms with Crippen molar-refractivity contribution in [3.05, 3.63) is 54.6 Å². The van der Waals surface area contributed by atoms with Gasteiger partial charge < -0.3 is 10.0 Å². The van der Waals surface area contributed by atoms with E-state index in [-0.39, 0.29) is 6.10 Å². The normalized spacial score (nSPS) is 14.5. The number of anilines is 1. The summed E-state index contributed by atoms with van der Waals surface area (Å²) in [7, 11) is 0. The Hall–Kier alpha value is -3.10. The van der Waals surface area contributed by atoms with Crippen LogP contribution in [0, 0.1) is 0 Å². The smallest absolute Gasteiger partial charge is 0.225 e. The van der Waals surface area contributed by atoms with E-state index in [9.17, 15) is 5.11 Å². The largest absolute Gasteiger partial charge is 0.389 e. The van der Waals surface area contributed by atoms with E-state index < -0.39 is 0 Å². The highest BCUT2D eigenvalue weighted by atomic mass is 35.5. The molecular weight excluding hydrogens is 366 g/mol. The zero-order valence-electron chi connectivity index (χ0n) is 14.1. The maximum atomic E-state index is 9.44. The summed E-state index contributed by atoms with van der Waals surface area (Å²) in [6.07, 6.45) is 10.1. The second-order valence-corrected chi connectivity index (χ2v) is 6.68. The first kappa shape index (κ1) is 16.1. The molecule has 5 heterocycles. The lowest BCUT2D eigenvalue weighted by atomic mass is 10.1. The predicted molar refractivity (Wildman–Crippen MR) is 101 cm³/mol. The van der Waals surface area contributed by atoms with E-state index in [1.807, 2.05) is 27.8 Å². The summed E-state index contributed by atoms with van der Waals surface area (Å²) in [5, 5.41) is 10.5. The van der Waals surface area contributed by atoms with Crippen LogP contribution in [0.5, 0.6) is 0 Å². The van der Waals surface area contributed by atoms with Crippen LogP contribution in [0.15, 0.2) is 49.4 Å². The van der Waals surface area contributed by atoms with Crippen molar-refractivity contribution in [3.63, 3.8) is 0 Å². The van der Waals surface area contributed by atoms with Crippen LogP contribution in [0.25, 0.3) is 27.8 Å². The number of hydrogen-bond acceptors (Lipinski definition) is 7. The van der Waals surface area contributed by atoms with Gasteiger partial charge in [0.2, 0.25) is 5.95 Å². The third-order valence-corrected chi connectivity index (χ3v) is 4.84. The van der Waals surface area contributed by atoms with Crippen LogP contribution in [0.2, 0.25) is 5.15 Å². The highest BCUT2D eigenvalue weighted by molar-refractivity contribution is 6.35. The van der Waals surface area contributed by atoms with Gasteiger partial charge in [-0.05, 0) is 12.1 Å². The Morgan fingerprint density at radius 2 is 1.89 bits per heavy atom. The molecule has 0 aliphatic carbocycles. The number of rotatable bonds is 3. The van der Waals surface area contributed by atoms with Gasteiger partial charge in [-0.15, -0.1) is 0 Å². The van der Waals surface area contributed by atoms with Crippen molar-refractivity contribution >= 4 is 28.6 Å². The van der Waals surface area contributed by atoms with E-state index in [1.54, 1.807) is 24.8 Å². The van der Waals surface area contributed by atoms with Crippen molar-refractivity contribution in [1.29, 1.82) is 0 Å². The van der Waals surface area contributed by atoms with Crippen LogP contribution in [-0.2, 0) is 0 Å². The summed E-state index contributed by atoms with van der Waals surface area (Å²) in [5.74, 6) is 0.599. The van der Waals surface area contributed by atoms with Crippen LogP contribution in [0.1, 0.15) is 0 Å². The minimum absolute atomic E-state index is 0.304. The standard InChI is InChI=1S/C18H14ClN7O/c19-16-15-14(11-4-21-18(22-5-11)25-7-13(27)8-25)9-26(17(15)24-10-23-16)12-2-1-3-20-6-12/h1-6,9-10,13,27H,7-8H2. The zero-order valence-corrected chi connectivity index (χ0v) is 14.8. The molecule has 9 heteroatoms. The van der Waals surface area contributed by atoms with Crippen molar-refractivity contribution in [3.8, 4) is 16.8 Å². The summed E-state index contributed by atoms with van der Waals surface area (Å²) >= 11 is 6.39. The molecule has 1 saturated heterocycles. The SMILES string of the molecule is OC1CN(c2ncc(-c3cn(-c4cccnc4)c4ncnc(Cl)c34)cn2)C1. The molecule has 4 aromatic heterocycles. The number of nitrogens with zero attached hydrogens (tertiary/aromatic N) is 7. The van der Waals surface area contributed by atoms with Crippen LogP contribution in [-0.4, -0.2) is 53.8 Å². The van der Waals surface area contributed by atoms with E-state index in [2.05, 4.69) is 24.9 Å². The highest BCUT2D eigenvalue weighted by Gasteiger charge is 2.26. The fourth-order valence-electron chi connectivity index (χ4n) is 3.18. The molecule has 1 aliphatic heterocycles. The number of β-amino-alcohol motifs (C(OH)–C–C–N with tert-alkyl or cyclic N) is 1. The number of halogens is 1. The van der Waals surface area contributed by atoms with Crippen LogP contribution in [0.4, 0.5) is 5.95 Å². The third kappa shape index (κ3) is 2.70. The molecule has 1 N–H and O–H groups in total. The Balaban J connectivity index is 1.63. The van der Waals surface area contributed by atoms with Gasteiger partial charge in [0.15, 0.2) is 0 Å². The Morgan fingerprint density at radius 1 is 1.07 bits per heavy atom. The van der Waals surface area contributed by atoms with Crippen LogP contribution >= 0.6 is 11.6 Å². The molecule has 0 amide bonds. The molecule has 134 valence electrons. The Bertz CT molecular complexity index is 1110. The average Bonchev–Trinajstić information content (AvgIpc) is 3.07. The predicted octanol–water partition coefficient (Wildman–Crippen LogP) is 2.11. The number of hydrogen-bond donors (Lipinski definition) is 1. The Kier molecular flexibility index (Phi) is 3.73. The van der Waals surface area contributed by atoms with Gasteiger partial charge in [0.1, 0.15) is 17.1 Å². The first-order chi connectivity index (χ1) is 13.2. The molecule has 27 heavy (non-hydrogen) atoms. The monoisotopic (exact) mass is 379 g/mol. The van der Waals surface area contributed by atoms with Gasteiger partial charge in [0.25, 0.3) is 0 Å². The van der Waals surface area contributed by atoms with Gasteiger partial charge in [-0.2, -0.15) is 0 Å². The lowest BCUT2D eigenvalue weighted by Crippen LogP contribution is -2.51. The number of pyridine rings is 1. The fourth-order valence-corrected chi connectivity index (χ4v) is 3.41. The molecule has 5 rings (SSSR count). The minimum atomic E-state index is -0.304. The molecular formula is C18H14ClN7O. The topological polar surface area (TPSA) is 92.8 Å². The molecule has 0 atom stereocenters. The quantitative estimate of drug-likeness (QED) is 0.545. The zero-order chi connectivity index (χ0) is 18.4. The van der Waals surface area contributed by atoms with Gasteiger partial charge in [-0.1, -0.05) is 11.6 Å². The summed E-state index contributed by atoms with van der Waals surface area (Å²) in [5.41, 5.74) is 3.21. The molecule has 0 saturated carbocycles. The van der Waals surface area contributed by atoms with Crippen molar-refractivity contribution in [2.45, 2.75) is 6.10 Å². The van der Waals surface area contributed by atoms with E-state index in [0.29, 0.717) is 29.8 Å². The first-order valence-electron chi connectivity index (χ1n) is 8.38. The second-order valence-electron chi connectivity index (χ2n) is 6.32. The summed E-state index contributed by atoms with van der Waals surface area (Å²) in [6.45, 7) is 1.11. The molecule has 0 spiro atoms. The fraction of sp³-hybridized carbons (Fsp3) is 0.167. The molecule has 1 aliphatic rings. The summed E-state index contributed by atoms with van der Waals surface area (Å²) in [6, 6.07) is 3.81. The van der Waals surface area contributed by atoms with E-state index in [0.717, 1.165) is 22.2 Å². The van der Waals surface area contributed by atoms with E-state index in [1.165, 1.54) is 6.33 Å². The number of aliphatic hydroxyl groups is 1. The maximum absolute atomic E-state index is 9.44. The molecule has 0 unspecified atom stereocenters. The van der Waals surface area contributed by atoms with Gasteiger partial charge >= 0.3 is 0 Å². The van der Waals surface area contributed by atoms with Gasteiger partial charge in [-0.25, -0.2) is 19.9 Å². The molecule has 8 nitrogen and oxygen atoms in total. The van der Waals surface area contributed by atoms with Crippen molar-refractivity contribution in [2.75, 3.05) is 18.0 Å². The molecule has 0 bridgehead atoms. The number of aromatic nitrogens is 6. The maximum Gasteiger partial charge on any atom is 0.225 e. The number of aliphatic hydroxyl groups excluding tert-OH is 1. The van der Waals surface area contributed by atoms with Crippen LogP contribution in [0.3, 0.4) is 0 Å². The molecule has 0 radical (unpaired) electrons. The van der Waals surface area contributed by atoms with Crippen molar-refractivity contribution in [1.82, 2.24) is 29.5 Å². The lowest BCUT2D eigenvalue weighted by molar-refractivity contribution is 0.140. The summed E-state index contributed by atoms with van der Waals surface area (Å²) < 4.78 is 1.92. The highest BCUT2D eigenvalue weighted by Crippen LogP contribution is 2.34. The van der Waals surface area contributed by atoms with Gasteiger partial charge in [0, 0.05) is 49.0 Å². The Labute approximate surface area is 159 Å². The van der Waals surface area contributed by atoms with Crippen molar-refractivity contribution < 1.29 is 5.11 Å².